The molecule has 0 aromatic heterocycles. The smallest absolute Gasteiger partial charge is 0.127 e. The van der Waals surface area contributed by atoms with Crippen molar-refractivity contribution in [2.45, 2.75) is 32.5 Å². The van der Waals surface area contributed by atoms with Gasteiger partial charge in [0, 0.05) is 43.3 Å². The number of ether oxygens (including phenoxy) is 2. The van der Waals surface area contributed by atoms with Gasteiger partial charge in [0.15, 0.2) is 0 Å². The fraction of sp³-hybridized carbons (Fsp3) is 0.600. The molecule has 1 saturated heterocycles. The van der Waals surface area contributed by atoms with Crippen LogP contribution in [0, 0.1) is 0 Å². The molecule has 2 atom stereocenters. The predicted molar refractivity (Wildman–Crippen MR) is 76.9 cm³/mol. The summed E-state index contributed by atoms with van der Waals surface area (Å²) >= 11 is 0. The minimum absolute atomic E-state index is 0.535. The molecule has 1 aliphatic rings. The summed E-state index contributed by atoms with van der Waals surface area (Å²) in [5, 5.41) is 3.55. The maximum Gasteiger partial charge on any atom is 0.127 e. The largest absolute Gasteiger partial charge is 0.497 e. The highest BCUT2D eigenvalue weighted by atomic mass is 16.5. The molecule has 0 saturated carbocycles. The van der Waals surface area contributed by atoms with E-state index in [1.807, 2.05) is 12.1 Å². The highest BCUT2D eigenvalue weighted by molar-refractivity contribution is 5.40. The molecule has 1 aromatic carbocycles. The number of hydrogen-bond acceptors (Lipinski definition) is 4. The van der Waals surface area contributed by atoms with Gasteiger partial charge in [0.2, 0.25) is 0 Å². The van der Waals surface area contributed by atoms with E-state index in [4.69, 9.17) is 9.47 Å². The number of benzene rings is 1. The summed E-state index contributed by atoms with van der Waals surface area (Å²) in [5.74, 6) is 1.74. The van der Waals surface area contributed by atoms with E-state index in [0.717, 1.165) is 31.1 Å². The van der Waals surface area contributed by atoms with Crippen LogP contribution in [0.4, 0.5) is 0 Å². The first-order valence-electron chi connectivity index (χ1n) is 6.81. The molecule has 1 heterocycles. The molecule has 2 rings (SSSR count). The zero-order valence-electron chi connectivity index (χ0n) is 12.3. The Bertz CT molecular complexity index is 413. The number of nitrogens with zero attached hydrogens (tertiary/aromatic N) is 1. The van der Waals surface area contributed by atoms with Crippen LogP contribution in [0.1, 0.15) is 19.4 Å². The number of hydrogen-bond donors (Lipinski definition) is 1. The molecule has 0 aliphatic carbocycles. The molecular weight excluding hydrogens is 240 g/mol. The van der Waals surface area contributed by atoms with Crippen molar-refractivity contribution in [2.75, 3.05) is 27.3 Å². The Morgan fingerprint density at radius 1 is 1.16 bits per heavy atom. The fourth-order valence-corrected chi connectivity index (χ4v) is 2.79. The third-order valence-corrected chi connectivity index (χ3v) is 3.52. The van der Waals surface area contributed by atoms with Crippen molar-refractivity contribution in [3.05, 3.63) is 23.8 Å². The van der Waals surface area contributed by atoms with E-state index in [-0.39, 0.29) is 0 Å². The normalized spacial score (nSPS) is 24.2. The van der Waals surface area contributed by atoms with E-state index in [1.165, 1.54) is 5.56 Å². The van der Waals surface area contributed by atoms with Gasteiger partial charge in [-0.15, -0.1) is 0 Å². The molecule has 0 unspecified atom stereocenters. The molecule has 1 fully saturated rings. The van der Waals surface area contributed by atoms with Crippen LogP contribution >= 0.6 is 0 Å². The van der Waals surface area contributed by atoms with Crippen molar-refractivity contribution in [2.24, 2.45) is 0 Å². The molecule has 1 aromatic rings. The average Bonchev–Trinajstić information content (AvgIpc) is 2.38. The zero-order valence-corrected chi connectivity index (χ0v) is 12.3. The Kier molecular flexibility index (Phi) is 4.66. The molecule has 1 N–H and O–H groups in total. The SMILES string of the molecule is COc1ccc(CN2C[C@@H](C)N[C@@H](C)C2)c(OC)c1. The van der Waals surface area contributed by atoms with E-state index < -0.39 is 0 Å². The van der Waals surface area contributed by atoms with Crippen LogP contribution in [0.2, 0.25) is 0 Å². The lowest BCUT2D eigenvalue weighted by molar-refractivity contribution is 0.165. The summed E-state index contributed by atoms with van der Waals surface area (Å²) in [4.78, 5) is 2.47. The number of nitrogens with one attached hydrogen (secondary N) is 1. The van der Waals surface area contributed by atoms with Crippen LogP contribution in [0.25, 0.3) is 0 Å². The minimum Gasteiger partial charge on any atom is -0.497 e. The van der Waals surface area contributed by atoms with Crippen LogP contribution in [-0.4, -0.2) is 44.3 Å². The second-order valence-electron chi connectivity index (χ2n) is 5.34. The van der Waals surface area contributed by atoms with Gasteiger partial charge in [0.25, 0.3) is 0 Å². The topological polar surface area (TPSA) is 33.7 Å². The van der Waals surface area contributed by atoms with Crippen molar-refractivity contribution in [1.29, 1.82) is 0 Å². The Morgan fingerprint density at radius 2 is 1.84 bits per heavy atom. The zero-order chi connectivity index (χ0) is 13.8. The van der Waals surface area contributed by atoms with Gasteiger partial charge in [0.1, 0.15) is 11.5 Å². The number of rotatable bonds is 4. The standard InChI is InChI=1S/C15H24N2O2/c1-11-8-17(9-12(2)16-11)10-13-5-6-14(18-3)7-15(13)19-4/h5-7,11-12,16H,8-10H2,1-4H3/t11-,12+. The van der Waals surface area contributed by atoms with E-state index in [0.29, 0.717) is 12.1 Å². The van der Waals surface area contributed by atoms with Gasteiger partial charge in [-0.05, 0) is 19.9 Å². The Hall–Kier alpha value is -1.26. The van der Waals surface area contributed by atoms with Gasteiger partial charge < -0.3 is 14.8 Å². The third kappa shape index (κ3) is 3.61. The van der Waals surface area contributed by atoms with Crippen molar-refractivity contribution >= 4 is 0 Å². The van der Waals surface area contributed by atoms with E-state index in [1.54, 1.807) is 14.2 Å². The van der Waals surface area contributed by atoms with Crippen molar-refractivity contribution < 1.29 is 9.47 Å². The van der Waals surface area contributed by atoms with Crippen molar-refractivity contribution in [3.63, 3.8) is 0 Å². The van der Waals surface area contributed by atoms with Gasteiger partial charge >= 0.3 is 0 Å². The Labute approximate surface area is 115 Å². The second-order valence-corrected chi connectivity index (χ2v) is 5.34. The molecule has 1 aliphatic heterocycles. The van der Waals surface area contributed by atoms with Crippen LogP contribution in [-0.2, 0) is 6.54 Å². The molecule has 4 nitrogen and oxygen atoms in total. The van der Waals surface area contributed by atoms with Crippen LogP contribution in [0.15, 0.2) is 18.2 Å². The summed E-state index contributed by atoms with van der Waals surface area (Å²) in [6.07, 6.45) is 0. The maximum absolute atomic E-state index is 5.46. The summed E-state index contributed by atoms with van der Waals surface area (Å²) in [5.41, 5.74) is 1.21. The van der Waals surface area contributed by atoms with Gasteiger partial charge in [-0.2, -0.15) is 0 Å². The molecule has 0 radical (unpaired) electrons. The van der Waals surface area contributed by atoms with Gasteiger partial charge in [-0.25, -0.2) is 0 Å². The molecule has 4 heteroatoms. The lowest BCUT2D eigenvalue weighted by Gasteiger charge is -2.36. The monoisotopic (exact) mass is 264 g/mol. The van der Waals surface area contributed by atoms with E-state index in [2.05, 4.69) is 30.1 Å². The highest BCUT2D eigenvalue weighted by Gasteiger charge is 2.21. The molecule has 106 valence electrons. The fourth-order valence-electron chi connectivity index (χ4n) is 2.79. The lowest BCUT2D eigenvalue weighted by atomic mass is 10.1. The van der Waals surface area contributed by atoms with Gasteiger partial charge in [-0.3, -0.25) is 4.90 Å². The highest BCUT2D eigenvalue weighted by Crippen LogP contribution is 2.26. The van der Waals surface area contributed by atoms with Crippen molar-refractivity contribution in [3.8, 4) is 11.5 Å². The summed E-state index contributed by atoms with van der Waals surface area (Å²) in [6.45, 7) is 7.52. The summed E-state index contributed by atoms with van der Waals surface area (Å²) in [7, 11) is 3.38. The quantitative estimate of drug-likeness (QED) is 0.900. The number of methoxy groups -OCH3 is 2. The third-order valence-electron chi connectivity index (χ3n) is 3.52. The predicted octanol–water partition coefficient (Wildman–Crippen LogP) is 1.89. The first-order valence-corrected chi connectivity index (χ1v) is 6.81. The summed E-state index contributed by atoms with van der Waals surface area (Å²) < 4.78 is 10.7. The first-order chi connectivity index (χ1) is 9.12. The van der Waals surface area contributed by atoms with Crippen LogP contribution in [0.5, 0.6) is 11.5 Å². The molecule has 0 spiro atoms. The maximum atomic E-state index is 5.46. The Morgan fingerprint density at radius 3 is 2.42 bits per heavy atom. The second kappa shape index (κ2) is 6.26. The van der Waals surface area contributed by atoms with Crippen LogP contribution in [0.3, 0.4) is 0 Å². The summed E-state index contributed by atoms with van der Waals surface area (Å²) in [6, 6.07) is 7.10. The first kappa shape index (κ1) is 14.2. The van der Waals surface area contributed by atoms with Crippen molar-refractivity contribution in [1.82, 2.24) is 10.2 Å². The molecule has 0 amide bonds. The van der Waals surface area contributed by atoms with E-state index >= 15 is 0 Å². The van der Waals surface area contributed by atoms with E-state index in [9.17, 15) is 0 Å². The number of piperazine rings is 1. The lowest BCUT2D eigenvalue weighted by Crippen LogP contribution is -2.53. The van der Waals surface area contributed by atoms with Crippen LogP contribution < -0.4 is 14.8 Å². The Balaban J connectivity index is 2.09. The van der Waals surface area contributed by atoms with Gasteiger partial charge in [0.05, 0.1) is 14.2 Å². The van der Waals surface area contributed by atoms with Gasteiger partial charge in [-0.1, -0.05) is 6.07 Å². The minimum atomic E-state index is 0.535. The molecule has 19 heavy (non-hydrogen) atoms. The molecule has 0 bridgehead atoms. The average molecular weight is 264 g/mol. The molecular formula is C15H24N2O2.